The van der Waals surface area contributed by atoms with Gasteiger partial charge in [0.1, 0.15) is 0 Å². The molecule has 0 aromatic rings. The van der Waals surface area contributed by atoms with Crippen LogP contribution in [0.1, 0.15) is 71.6 Å². The van der Waals surface area contributed by atoms with Gasteiger partial charge in [-0.15, -0.1) is 0 Å². The Balaban J connectivity index is 3.06. The van der Waals surface area contributed by atoms with Crippen LogP contribution in [0.4, 0.5) is 0 Å². The fraction of sp³-hybridized carbons (Fsp3) is 0.824. The lowest BCUT2D eigenvalue weighted by molar-refractivity contribution is -0.139. The summed E-state index contributed by atoms with van der Waals surface area (Å²) in [6.45, 7) is 9.55. The van der Waals surface area contributed by atoms with Crippen LogP contribution < -0.4 is 0 Å². The smallest absolute Gasteiger partial charge is 0.333 e. The van der Waals surface area contributed by atoms with Gasteiger partial charge in [0, 0.05) is 18.8 Å². The third-order valence-electron chi connectivity index (χ3n) is 3.22. The van der Waals surface area contributed by atoms with Gasteiger partial charge in [-0.25, -0.2) is 4.79 Å². The summed E-state index contributed by atoms with van der Waals surface area (Å²) in [6, 6.07) is 0. The third kappa shape index (κ3) is 13.6. The summed E-state index contributed by atoms with van der Waals surface area (Å²) in [5.74, 6) is -0.267. The first-order valence-corrected chi connectivity index (χ1v) is 8.08. The van der Waals surface area contributed by atoms with Gasteiger partial charge in [-0.2, -0.15) is 0 Å². The Kier molecular flexibility index (Phi) is 14.0. The first kappa shape index (κ1) is 19.2. The van der Waals surface area contributed by atoms with Crippen molar-refractivity contribution in [3.05, 3.63) is 12.2 Å². The number of hydrogen-bond acceptors (Lipinski definition) is 3. The van der Waals surface area contributed by atoms with E-state index in [9.17, 15) is 4.79 Å². The summed E-state index contributed by atoms with van der Waals surface area (Å²) in [4.78, 5) is 11.1. The summed E-state index contributed by atoms with van der Waals surface area (Å²) >= 11 is 0. The van der Waals surface area contributed by atoms with Gasteiger partial charge in [0.05, 0.1) is 6.61 Å². The van der Waals surface area contributed by atoms with Crippen LogP contribution >= 0.6 is 0 Å². The van der Waals surface area contributed by atoms with Crippen molar-refractivity contribution >= 4 is 5.97 Å². The molecule has 0 fully saturated rings. The van der Waals surface area contributed by atoms with Crippen LogP contribution in [0.25, 0.3) is 0 Å². The van der Waals surface area contributed by atoms with Crippen molar-refractivity contribution in [1.29, 1.82) is 0 Å². The summed E-state index contributed by atoms with van der Waals surface area (Å²) in [5.41, 5.74) is 0.481. The molecule has 0 aromatic carbocycles. The maximum atomic E-state index is 11.1. The van der Waals surface area contributed by atoms with E-state index in [1.165, 1.54) is 44.9 Å². The molecule has 0 saturated heterocycles. The summed E-state index contributed by atoms with van der Waals surface area (Å²) in [6.07, 6.45) is 11.1. The number of esters is 1. The van der Waals surface area contributed by atoms with E-state index in [0.29, 0.717) is 12.2 Å². The Morgan fingerprint density at radius 2 is 1.30 bits per heavy atom. The average molecular weight is 284 g/mol. The average Bonchev–Trinajstić information content (AvgIpc) is 2.43. The van der Waals surface area contributed by atoms with E-state index >= 15 is 0 Å². The first-order valence-electron chi connectivity index (χ1n) is 8.08. The van der Waals surface area contributed by atoms with E-state index in [1.807, 2.05) is 6.92 Å². The first-order chi connectivity index (χ1) is 9.68. The summed E-state index contributed by atoms with van der Waals surface area (Å²) in [5, 5.41) is 0. The fourth-order valence-corrected chi connectivity index (χ4v) is 1.98. The van der Waals surface area contributed by atoms with Crippen molar-refractivity contribution in [2.75, 3.05) is 19.8 Å². The van der Waals surface area contributed by atoms with Gasteiger partial charge in [-0.1, -0.05) is 51.5 Å². The molecule has 20 heavy (non-hydrogen) atoms. The second-order valence-electron chi connectivity index (χ2n) is 5.30. The third-order valence-corrected chi connectivity index (χ3v) is 3.22. The Bertz CT molecular complexity index is 249. The van der Waals surface area contributed by atoms with Crippen LogP contribution in [-0.2, 0) is 14.3 Å². The lowest BCUT2D eigenvalue weighted by Gasteiger charge is -2.04. The molecule has 0 heterocycles. The van der Waals surface area contributed by atoms with Gasteiger partial charge in [0.25, 0.3) is 0 Å². The van der Waals surface area contributed by atoms with Crippen LogP contribution in [0.2, 0.25) is 0 Å². The standard InChI is InChI=1S/C17H32O3/c1-4-19-14-12-10-8-6-5-7-9-11-13-15-20-17(18)16(2)3/h2,4-15H2,1,3H3. The molecule has 0 aromatic heterocycles. The molecular formula is C17H32O3. The lowest BCUT2D eigenvalue weighted by atomic mass is 10.1. The molecule has 0 aliphatic rings. The minimum atomic E-state index is -0.267. The molecule has 0 atom stereocenters. The minimum Gasteiger partial charge on any atom is -0.462 e. The maximum absolute atomic E-state index is 11.1. The van der Waals surface area contributed by atoms with Crippen LogP contribution in [0, 0.1) is 0 Å². The van der Waals surface area contributed by atoms with Gasteiger partial charge in [-0.05, 0) is 26.7 Å². The van der Waals surface area contributed by atoms with E-state index in [1.54, 1.807) is 6.92 Å². The predicted octanol–water partition coefficient (Wildman–Crippen LogP) is 4.65. The molecule has 3 heteroatoms. The molecule has 0 saturated carbocycles. The SMILES string of the molecule is C=C(C)C(=O)OCCCCCCCCCCCOCC. The Labute approximate surface area is 124 Å². The van der Waals surface area contributed by atoms with E-state index in [4.69, 9.17) is 9.47 Å². The molecule has 0 unspecified atom stereocenters. The molecule has 0 amide bonds. The van der Waals surface area contributed by atoms with Gasteiger partial charge in [0.2, 0.25) is 0 Å². The topological polar surface area (TPSA) is 35.5 Å². The van der Waals surface area contributed by atoms with Crippen molar-refractivity contribution in [1.82, 2.24) is 0 Å². The number of carbonyl (C=O) groups is 1. The zero-order valence-corrected chi connectivity index (χ0v) is 13.4. The molecule has 0 radical (unpaired) electrons. The highest BCUT2D eigenvalue weighted by Crippen LogP contribution is 2.10. The van der Waals surface area contributed by atoms with Gasteiger partial charge >= 0.3 is 5.97 Å². The number of ether oxygens (including phenoxy) is 2. The molecule has 0 aliphatic heterocycles. The molecular weight excluding hydrogens is 252 g/mol. The van der Waals surface area contributed by atoms with Crippen LogP contribution in [0.5, 0.6) is 0 Å². The van der Waals surface area contributed by atoms with Crippen molar-refractivity contribution < 1.29 is 14.3 Å². The molecule has 0 N–H and O–H groups in total. The second-order valence-corrected chi connectivity index (χ2v) is 5.30. The second kappa shape index (κ2) is 14.6. The zero-order valence-electron chi connectivity index (χ0n) is 13.4. The van der Waals surface area contributed by atoms with Crippen LogP contribution in [0.15, 0.2) is 12.2 Å². The van der Waals surface area contributed by atoms with E-state index < -0.39 is 0 Å². The number of hydrogen-bond donors (Lipinski definition) is 0. The Hall–Kier alpha value is -0.830. The highest BCUT2D eigenvalue weighted by Gasteiger charge is 2.01. The van der Waals surface area contributed by atoms with Crippen LogP contribution in [0.3, 0.4) is 0 Å². The normalized spacial score (nSPS) is 10.5. The van der Waals surface area contributed by atoms with E-state index in [-0.39, 0.29) is 5.97 Å². The maximum Gasteiger partial charge on any atom is 0.333 e. The lowest BCUT2D eigenvalue weighted by Crippen LogP contribution is -2.05. The Morgan fingerprint density at radius 3 is 1.75 bits per heavy atom. The van der Waals surface area contributed by atoms with Crippen LogP contribution in [-0.4, -0.2) is 25.8 Å². The highest BCUT2D eigenvalue weighted by atomic mass is 16.5. The largest absolute Gasteiger partial charge is 0.462 e. The predicted molar refractivity (Wildman–Crippen MR) is 83.8 cm³/mol. The molecule has 0 bridgehead atoms. The zero-order chi connectivity index (χ0) is 15.1. The summed E-state index contributed by atoms with van der Waals surface area (Å²) in [7, 11) is 0. The highest BCUT2D eigenvalue weighted by molar-refractivity contribution is 5.86. The number of unbranched alkanes of at least 4 members (excludes halogenated alkanes) is 8. The molecule has 0 spiro atoms. The number of carbonyl (C=O) groups excluding carboxylic acids is 1. The molecule has 118 valence electrons. The minimum absolute atomic E-state index is 0.267. The van der Waals surface area contributed by atoms with Gasteiger partial charge < -0.3 is 9.47 Å². The van der Waals surface area contributed by atoms with Gasteiger partial charge in [-0.3, -0.25) is 0 Å². The quantitative estimate of drug-likeness (QED) is 0.264. The molecule has 0 rings (SSSR count). The van der Waals surface area contributed by atoms with Crippen molar-refractivity contribution in [2.45, 2.75) is 71.6 Å². The van der Waals surface area contributed by atoms with Crippen molar-refractivity contribution in [3.63, 3.8) is 0 Å². The van der Waals surface area contributed by atoms with Gasteiger partial charge in [0.15, 0.2) is 0 Å². The Morgan fingerprint density at radius 1 is 0.850 bits per heavy atom. The van der Waals surface area contributed by atoms with Crippen molar-refractivity contribution in [2.24, 2.45) is 0 Å². The van der Waals surface area contributed by atoms with E-state index in [2.05, 4.69) is 6.58 Å². The molecule has 3 nitrogen and oxygen atoms in total. The van der Waals surface area contributed by atoms with E-state index in [0.717, 1.165) is 26.1 Å². The summed E-state index contributed by atoms with van der Waals surface area (Å²) < 4.78 is 10.4. The fourth-order valence-electron chi connectivity index (χ4n) is 1.98. The number of rotatable bonds is 14. The molecule has 0 aliphatic carbocycles. The van der Waals surface area contributed by atoms with Crippen molar-refractivity contribution in [3.8, 4) is 0 Å². The monoisotopic (exact) mass is 284 g/mol.